The minimum Gasteiger partial charge on any atom is -0.399 e. The van der Waals surface area contributed by atoms with Crippen LogP contribution in [0.5, 0.6) is 0 Å². The number of thiol groups is 1. The minimum atomic E-state index is -0.649. The van der Waals surface area contributed by atoms with Crippen molar-refractivity contribution < 1.29 is 24.0 Å². The minimum absolute atomic E-state index is 0.0273. The average Bonchev–Trinajstić information content (AvgIpc) is 3.42. The zero-order chi connectivity index (χ0) is 43.8. The number of fused-ring (bicyclic) bond motifs is 2. The van der Waals surface area contributed by atoms with Crippen molar-refractivity contribution in [3.05, 3.63) is 194 Å². The molecule has 2 aromatic heterocycles. The first kappa shape index (κ1) is 43.9. The van der Waals surface area contributed by atoms with E-state index in [2.05, 4.69) is 22.6 Å². The Balaban J connectivity index is 0.000000188. The van der Waals surface area contributed by atoms with Crippen LogP contribution in [-0.4, -0.2) is 66.8 Å². The van der Waals surface area contributed by atoms with Gasteiger partial charge in [-0.1, -0.05) is 71.7 Å². The fourth-order valence-electron chi connectivity index (χ4n) is 7.69. The van der Waals surface area contributed by atoms with Gasteiger partial charge in [-0.2, -0.15) is 12.6 Å². The number of aromatic nitrogens is 2. The molecule has 4 heterocycles. The van der Waals surface area contributed by atoms with Gasteiger partial charge in [-0.05, 0) is 101 Å². The van der Waals surface area contributed by atoms with E-state index in [-0.39, 0.29) is 54.3 Å². The summed E-state index contributed by atoms with van der Waals surface area (Å²) in [5, 5.41) is 1.01. The molecule has 4 aromatic carbocycles. The van der Waals surface area contributed by atoms with E-state index in [0.29, 0.717) is 63.8 Å². The summed E-state index contributed by atoms with van der Waals surface area (Å²) in [7, 11) is 0. The Hall–Kier alpha value is -6.14. The maximum Gasteiger partial charge on any atom is 0.255 e. The van der Waals surface area contributed by atoms with E-state index in [9.17, 15) is 24.0 Å². The Bertz CT molecular complexity index is 2600. The van der Waals surface area contributed by atoms with Crippen LogP contribution >= 0.6 is 35.8 Å². The highest BCUT2D eigenvalue weighted by Crippen LogP contribution is 2.29. The molecule has 10 nitrogen and oxygen atoms in total. The molecule has 2 N–H and O–H groups in total. The molecule has 6 aromatic rings. The first-order valence-corrected chi connectivity index (χ1v) is 21.4. The molecule has 0 bridgehead atoms. The summed E-state index contributed by atoms with van der Waals surface area (Å²) in [6.45, 7) is 0.579. The lowest BCUT2D eigenvalue weighted by Gasteiger charge is -2.29. The number of benzene rings is 4. The summed E-state index contributed by atoms with van der Waals surface area (Å²) in [5.41, 5.74) is 12.9. The van der Waals surface area contributed by atoms with E-state index < -0.39 is 12.1 Å². The summed E-state index contributed by atoms with van der Waals surface area (Å²) in [4.78, 5) is 77.3. The standard InChI is InChI=1S/C26H23ClN2O3S.C23H20ClN3O2/c27-20-8-9-23-19(12-20)13-25(31)24(14-21-3-1-2-10-28-21)29(26(23)32)15-18-6-4-17(5-7-18)11-22(30)16-33;24-17-6-9-20-16(11-17)12-22(28)21(13-19-3-1-2-10-26-19)27(23(20)29)14-15-4-7-18(25)8-5-15/h1-10,12,24,33H,11,13-16H2;1-11,21H,12-14,25H2/t24-;21-/m11/s1. The fourth-order valence-corrected chi connectivity index (χ4v) is 8.20. The number of ketones is 3. The predicted octanol–water partition coefficient (Wildman–Crippen LogP) is 7.85. The highest BCUT2D eigenvalue weighted by molar-refractivity contribution is 7.81. The van der Waals surface area contributed by atoms with E-state index >= 15 is 0 Å². The Kier molecular flexibility index (Phi) is 14.3. The molecule has 314 valence electrons. The number of rotatable bonds is 11. The van der Waals surface area contributed by atoms with Crippen LogP contribution in [0, 0.1) is 0 Å². The molecule has 2 amide bonds. The highest BCUT2D eigenvalue weighted by atomic mass is 35.5. The number of carbonyl (C=O) groups is 5. The number of pyridine rings is 2. The lowest BCUT2D eigenvalue weighted by molar-refractivity contribution is -0.123. The largest absolute Gasteiger partial charge is 0.399 e. The van der Waals surface area contributed by atoms with Crippen LogP contribution in [0.1, 0.15) is 59.9 Å². The van der Waals surface area contributed by atoms with Crippen molar-refractivity contribution in [3.8, 4) is 0 Å². The number of nitrogens with zero attached hydrogens (tertiary/aromatic N) is 4. The maximum atomic E-state index is 13.6. The third-order valence-electron chi connectivity index (χ3n) is 10.9. The van der Waals surface area contributed by atoms with Crippen LogP contribution in [0.25, 0.3) is 0 Å². The van der Waals surface area contributed by atoms with Gasteiger partial charge in [0.15, 0.2) is 11.6 Å². The molecule has 0 spiro atoms. The van der Waals surface area contributed by atoms with Crippen molar-refractivity contribution in [1.29, 1.82) is 0 Å². The van der Waals surface area contributed by atoms with E-state index in [4.69, 9.17) is 28.9 Å². The van der Waals surface area contributed by atoms with Gasteiger partial charge in [-0.3, -0.25) is 33.9 Å². The molecule has 0 unspecified atom stereocenters. The molecule has 0 fully saturated rings. The molecule has 2 aliphatic rings. The number of amides is 2. The van der Waals surface area contributed by atoms with Crippen LogP contribution in [0.4, 0.5) is 5.69 Å². The fraction of sp³-hybridized carbons (Fsp3) is 0.204. The Morgan fingerprint density at radius 3 is 1.47 bits per heavy atom. The molecule has 8 rings (SSSR count). The van der Waals surface area contributed by atoms with Crippen LogP contribution in [-0.2, 0) is 59.6 Å². The quantitative estimate of drug-likeness (QED) is 0.0990. The van der Waals surface area contributed by atoms with Gasteiger partial charge in [-0.15, -0.1) is 0 Å². The number of halogens is 2. The number of Topliss-reactive ketones (excluding diaryl/α,β-unsaturated/α-hetero) is 3. The average molecular weight is 885 g/mol. The number of nitrogens with two attached hydrogens (primary N) is 1. The van der Waals surface area contributed by atoms with Crippen molar-refractivity contribution in [2.75, 3.05) is 11.5 Å². The van der Waals surface area contributed by atoms with E-state index in [0.717, 1.165) is 28.1 Å². The summed E-state index contributed by atoms with van der Waals surface area (Å²) in [6, 6.07) is 34.9. The number of nitrogen functional groups attached to an aromatic ring is 1. The maximum absolute atomic E-state index is 13.6. The predicted molar refractivity (Wildman–Crippen MR) is 243 cm³/mol. The van der Waals surface area contributed by atoms with Gasteiger partial charge in [0.05, 0.1) is 12.1 Å². The SMILES string of the molecule is Nc1ccc(CN2C(=O)c3ccc(Cl)cc3CC(=O)[C@H]2Cc2ccccn2)cc1.O=C(CS)Cc1ccc(CN2C(=O)c3ccc(Cl)cc3CC(=O)[C@H]2Cc2ccccn2)cc1. The topological polar surface area (TPSA) is 144 Å². The second-order valence-corrected chi connectivity index (χ2v) is 16.5. The number of carbonyl (C=O) groups excluding carboxylic acids is 5. The Labute approximate surface area is 375 Å². The van der Waals surface area contributed by atoms with Gasteiger partial charge in [0, 0.05) is 102 Å². The smallest absolute Gasteiger partial charge is 0.255 e. The van der Waals surface area contributed by atoms with Crippen LogP contribution in [0.3, 0.4) is 0 Å². The van der Waals surface area contributed by atoms with E-state index in [1.807, 2.05) is 72.8 Å². The normalized spacial score (nSPS) is 16.1. The molecule has 2 aliphatic heterocycles. The van der Waals surface area contributed by atoms with Gasteiger partial charge in [0.1, 0.15) is 5.78 Å². The summed E-state index contributed by atoms with van der Waals surface area (Å²) in [5.74, 6) is -0.218. The zero-order valence-corrected chi connectivity index (χ0v) is 36.0. The monoisotopic (exact) mass is 883 g/mol. The third-order valence-corrected chi connectivity index (χ3v) is 11.7. The molecular weight excluding hydrogens is 842 g/mol. The molecule has 0 aliphatic carbocycles. The Morgan fingerprint density at radius 2 is 1.05 bits per heavy atom. The Morgan fingerprint density at radius 1 is 0.613 bits per heavy atom. The first-order chi connectivity index (χ1) is 29.9. The van der Waals surface area contributed by atoms with Gasteiger partial charge < -0.3 is 15.5 Å². The van der Waals surface area contributed by atoms with Crippen LogP contribution in [0.15, 0.2) is 134 Å². The number of hydrogen-bond acceptors (Lipinski definition) is 9. The molecule has 2 atom stereocenters. The molecule has 0 saturated heterocycles. The van der Waals surface area contributed by atoms with Crippen molar-refractivity contribution in [3.63, 3.8) is 0 Å². The van der Waals surface area contributed by atoms with Gasteiger partial charge >= 0.3 is 0 Å². The number of anilines is 1. The van der Waals surface area contributed by atoms with Gasteiger partial charge in [0.25, 0.3) is 11.8 Å². The number of hydrogen-bond donors (Lipinski definition) is 2. The van der Waals surface area contributed by atoms with E-state index in [1.165, 1.54) is 0 Å². The zero-order valence-electron chi connectivity index (χ0n) is 33.6. The van der Waals surface area contributed by atoms with Crippen molar-refractivity contribution in [1.82, 2.24) is 19.8 Å². The van der Waals surface area contributed by atoms with Gasteiger partial charge in [-0.25, -0.2) is 0 Å². The highest BCUT2D eigenvalue weighted by Gasteiger charge is 2.37. The molecular formula is C49H43Cl2N5O5S. The van der Waals surface area contributed by atoms with Gasteiger partial charge in [0.2, 0.25) is 0 Å². The van der Waals surface area contributed by atoms with Crippen LogP contribution < -0.4 is 5.73 Å². The molecule has 13 heteroatoms. The lowest BCUT2D eigenvalue weighted by Crippen LogP contribution is -2.44. The summed E-state index contributed by atoms with van der Waals surface area (Å²) < 4.78 is 0. The van der Waals surface area contributed by atoms with E-state index in [1.54, 1.807) is 70.7 Å². The lowest BCUT2D eigenvalue weighted by atomic mass is 9.99. The third kappa shape index (κ3) is 10.8. The second-order valence-electron chi connectivity index (χ2n) is 15.3. The second kappa shape index (κ2) is 20.2. The molecule has 62 heavy (non-hydrogen) atoms. The first-order valence-electron chi connectivity index (χ1n) is 20.0. The molecule has 0 saturated carbocycles. The van der Waals surface area contributed by atoms with Crippen LogP contribution in [0.2, 0.25) is 10.0 Å². The van der Waals surface area contributed by atoms with Crippen molar-refractivity contribution in [2.45, 2.75) is 57.3 Å². The summed E-state index contributed by atoms with van der Waals surface area (Å²) >= 11 is 16.3. The van der Waals surface area contributed by atoms with Crippen molar-refractivity contribution >= 4 is 70.7 Å². The molecule has 0 radical (unpaired) electrons. The van der Waals surface area contributed by atoms with Crippen molar-refractivity contribution in [2.24, 2.45) is 0 Å². The summed E-state index contributed by atoms with van der Waals surface area (Å²) in [6.07, 6.45) is 4.70.